The molecule has 2 N–H and O–H groups in total. The number of carbonyl (C=O) groups excluding carboxylic acids is 3. The SMILES string of the molecule is CCOc1cc(C=N/N=C2/NC(=O)/C(=C\C(=O)OC)S2)cc(Br)c1OCC(=O)Nc1ccc(C)cc1. The average Bonchev–Trinajstić information content (AvgIpc) is 3.18. The Morgan fingerprint density at radius 1 is 1.19 bits per heavy atom. The summed E-state index contributed by atoms with van der Waals surface area (Å²) in [5, 5.41) is 13.5. The third-order valence-corrected chi connectivity index (χ3v) is 5.96. The maximum absolute atomic E-state index is 12.3. The van der Waals surface area contributed by atoms with Gasteiger partial charge in [-0.25, -0.2) is 4.79 Å². The van der Waals surface area contributed by atoms with Crippen LogP contribution in [0, 0.1) is 6.92 Å². The summed E-state index contributed by atoms with van der Waals surface area (Å²) in [6.07, 6.45) is 2.54. The first-order valence-corrected chi connectivity index (χ1v) is 12.3. The minimum atomic E-state index is -0.638. The van der Waals surface area contributed by atoms with E-state index in [0.717, 1.165) is 23.4 Å². The van der Waals surface area contributed by atoms with Crippen molar-refractivity contribution in [2.24, 2.45) is 10.2 Å². The minimum absolute atomic E-state index is 0.157. The van der Waals surface area contributed by atoms with Crippen molar-refractivity contribution in [1.29, 1.82) is 0 Å². The van der Waals surface area contributed by atoms with Crippen LogP contribution in [0.3, 0.4) is 0 Å². The molecule has 36 heavy (non-hydrogen) atoms. The van der Waals surface area contributed by atoms with Gasteiger partial charge in [-0.1, -0.05) is 17.7 Å². The first-order valence-electron chi connectivity index (χ1n) is 10.6. The van der Waals surface area contributed by atoms with E-state index in [1.807, 2.05) is 38.1 Å². The Kier molecular flexibility index (Phi) is 9.65. The smallest absolute Gasteiger partial charge is 0.331 e. The van der Waals surface area contributed by atoms with E-state index < -0.39 is 11.9 Å². The average molecular weight is 575 g/mol. The number of anilines is 1. The Morgan fingerprint density at radius 2 is 1.94 bits per heavy atom. The van der Waals surface area contributed by atoms with Crippen molar-refractivity contribution < 1.29 is 28.6 Å². The lowest BCUT2D eigenvalue weighted by Crippen LogP contribution is -2.20. The van der Waals surface area contributed by atoms with Gasteiger partial charge < -0.3 is 19.5 Å². The summed E-state index contributed by atoms with van der Waals surface area (Å²) in [5.74, 6) is -0.632. The number of esters is 1. The lowest BCUT2D eigenvalue weighted by Gasteiger charge is -2.14. The third kappa shape index (κ3) is 7.68. The Hall–Kier alpha value is -3.64. The zero-order valence-electron chi connectivity index (χ0n) is 19.7. The van der Waals surface area contributed by atoms with Crippen LogP contribution < -0.4 is 20.1 Å². The molecule has 1 heterocycles. The highest BCUT2D eigenvalue weighted by Gasteiger charge is 2.25. The monoisotopic (exact) mass is 574 g/mol. The molecule has 0 aromatic heterocycles. The minimum Gasteiger partial charge on any atom is -0.490 e. The topological polar surface area (TPSA) is 128 Å². The molecule has 12 heteroatoms. The van der Waals surface area contributed by atoms with E-state index in [4.69, 9.17) is 9.47 Å². The van der Waals surface area contributed by atoms with Crippen molar-refractivity contribution >= 4 is 62.5 Å². The quantitative estimate of drug-likeness (QED) is 0.202. The molecule has 188 valence electrons. The molecule has 0 atom stereocenters. The number of ether oxygens (including phenoxy) is 3. The molecule has 0 bridgehead atoms. The van der Waals surface area contributed by atoms with Gasteiger partial charge in [0.1, 0.15) is 0 Å². The van der Waals surface area contributed by atoms with Gasteiger partial charge in [-0.15, -0.1) is 5.10 Å². The highest BCUT2D eigenvalue weighted by Crippen LogP contribution is 2.36. The molecule has 2 amide bonds. The number of hydrogen-bond acceptors (Lipinski definition) is 9. The second-order valence-electron chi connectivity index (χ2n) is 7.20. The number of methoxy groups -OCH3 is 1. The number of nitrogens with zero attached hydrogens (tertiary/aromatic N) is 2. The van der Waals surface area contributed by atoms with Crippen molar-refractivity contribution in [3.8, 4) is 11.5 Å². The second-order valence-corrected chi connectivity index (χ2v) is 9.09. The summed E-state index contributed by atoms with van der Waals surface area (Å²) in [6, 6.07) is 10.9. The molecule has 0 saturated carbocycles. The van der Waals surface area contributed by atoms with Gasteiger partial charge in [0, 0.05) is 11.8 Å². The van der Waals surface area contributed by atoms with Crippen molar-refractivity contribution in [1.82, 2.24) is 5.32 Å². The number of halogens is 1. The van der Waals surface area contributed by atoms with E-state index in [2.05, 4.69) is 41.5 Å². The fourth-order valence-electron chi connectivity index (χ4n) is 2.83. The van der Waals surface area contributed by atoms with E-state index in [-0.39, 0.29) is 22.6 Å². The normalized spacial score (nSPS) is 15.3. The van der Waals surface area contributed by atoms with Gasteiger partial charge in [-0.05, 0) is 71.4 Å². The number of nitrogens with one attached hydrogen (secondary N) is 2. The van der Waals surface area contributed by atoms with Crippen LogP contribution in [-0.2, 0) is 19.1 Å². The third-order valence-electron chi connectivity index (χ3n) is 4.47. The standard InChI is InChI=1S/C24H23BrN4O6S/c1-4-34-18-10-15(12-26-29-24-28-23(32)19(36-24)11-21(31)33-3)9-17(25)22(18)35-13-20(30)27-16-7-5-14(2)6-8-16/h5-12H,4,13H2,1-3H3,(H,27,30)(H,28,29,32)/b19-11+,26-12?. The summed E-state index contributed by atoms with van der Waals surface area (Å²) < 4.78 is 16.5. The number of benzene rings is 2. The van der Waals surface area contributed by atoms with E-state index in [0.29, 0.717) is 33.8 Å². The molecule has 1 aliphatic heterocycles. The van der Waals surface area contributed by atoms with Crippen molar-refractivity contribution in [3.05, 3.63) is 63.0 Å². The molecule has 3 rings (SSSR count). The number of carbonyl (C=O) groups is 3. The molecule has 2 aromatic carbocycles. The van der Waals surface area contributed by atoms with Crippen molar-refractivity contribution in [2.75, 3.05) is 25.6 Å². The number of rotatable bonds is 9. The van der Waals surface area contributed by atoms with Gasteiger partial charge in [0.15, 0.2) is 23.3 Å². The lowest BCUT2D eigenvalue weighted by atomic mass is 10.2. The van der Waals surface area contributed by atoms with Crippen LogP contribution in [0.4, 0.5) is 5.69 Å². The van der Waals surface area contributed by atoms with Gasteiger partial charge in [0.2, 0.25) is 0 Å². The fraction of sp³-hybridized carbons (Fsp3) is 0.208. The van der Waals surface area contributed by atoms with Crippen LogP contribution in [0.2, 0.25) is 0 Å². The Bertz CT molecular complexity index is 1240. The van der Waals surface area contributed by atoms with Gasteiger partial charge in [-0.2, -0.15) is 5.10 Å². The molecule has 2 aromatic rings. The van der Waals surface area contributed by atoms with Gasteiger partial charge in [0.05, 0.1) is 29.3 Å². The predicted octanol–water partition coefficient (Wildman–Crippen LogP) is 3.78. The molecular formula is C24H23BrN4O6S. The number of hydrogen-bond donors (Lipinski definition) is 2. The molecular weight excluding hydrogens is 552 g/mol. The first kappa shape index (κ1) is 27.0. The molecule has 0 spiro atoms. The molecule has 10 nitrogen and oxygen atoms in total. The van der Waals surface area contributed by atoms with Gasteiger partial charge in [0.25, 0.3) is 11.8 Å². The number of thioether (sulfide) groups is 1. The number of amides is 2. The molecule has 0 aliphatic carbocycles. The Morgan fingerprint density at radius 3 is 2.64 bits per heavy atom. The van der Waals surface area contributed by atoms with E-state index in [1.165, 1.54) is 13.3 Å². The summed E-state index contributed by atoms with van der Waals surface area (Å²) in [6.45, 7) is 3.95. The van der Waals surface area contributed by atoms with Crippen LogP contribution in [0.25, 0.3) is 0 Å². The van der Waals surface area contributed by atoms with Crippen LogP contribution in [0.1, 0.15) is 18.1 Å². The Labute approximate surface area is 220 Å². The van der Waals surface area contributed by atoms with Gasteiger partial charge in [-0.3, -0.25) is 14.9 Å². The summed E-state index contributed by atoms with van der Waals surface area (Å²) in [7, 11) is 1.22. The molecule has 1 saturated heterocycles. The summed E-state index contributed by atoms with van der Waals surface area (Å²) in [4.78, 5) is 35.7. The first-order chi connectivity index (χ1) is 17.3. The maximum atomic E-state index is 12.3. The fourth-order valence-corrected chi connectivity index (χ4v) is 4.14. The van der Waals surface area contributed by atoms with Gasteiger partial charge >= 0.3 is 5.97 Å². The number of amidine groups is 1. The molecule has 1 fully saturated rings. The summed E-state index contributed by atoms with van der Waals surface area (Å²) in [5.41, 5.74) is 2.40. The van der Waals surface area contributed by atoms with Crippen LogP contribution in [-0.4, -0.2) is 49.5 Å². The van der Waals surface area contributed by atoms with Crippen LogP contribution in [0.5, 0.6) is 11.5 Å². The maximum Gasteiger partial charge on any atom is 0.331 e. The Balaban J connectivity index is 1.67. The zero-order chi connectivity index (χ0) is 26.1. The molecule has 0 radical (unpaired) electrons. The highest BCUT2D eigenvalue weighted by molar-refractivity contribution is 9.10. The largest absolute Gasteiger partial charge is 0.490 e. The van der Waals surface area contributed by atoms with Crippen molar-refractivity contribution in [3.63, 3.8) is 0 Å². The highest BCUT2D eigenvalue weighted by atomic mass is 79.9. The van der Waals surface area contributed by atoms with E-state index in [9.17, 15) is 14.4 Å². The van der Waals surface area contributed by atoms with Crippen LogP contribution in [0.15, 0.2) is 62.1 Å². The summed E-state index contributed by atoms with van der Waals surface area (Å²) >= 11 is 4.42. The zero-order valence-corrected chi connectivity index (χ0v) is 22.1. The van der Waals surface area contributed by atoms with Crippen molar-refractivity contribution in [2.45, 2.75) is 13.8 Å². The van der Waals surface area contributed by atoms with Crippen LogP contribution >= 0.6 is 27.7 Å². The second kappa shape index (κ2) is 12.9. The predicted molar refractivity (Wildman–Crippen MR) is 141 cm³/mol. The van der Waals surface area contributed by atoms with E-state index in [1.54, 1.807) is 12.1 Å². The molecule has 1 aliphatic rings. The lowest BCUT2D eigenvalue weighted by molar-refractivity contribution is -0.135. The molecule has 0 unspecified atom stereocenters. The number of aryl methyl sites for hydroxylation is 1. The van der Waals surface area contributed by atoms with E-state index >= 15 is 0 Å².